The van der Waals surface area contributed by atoms with Crippen LogP contribution in [-0.2, 0) is 14.8 Å². The summed E-state index contributed by atoms with van der Waals surface area (Å²) in [6.07, 6.45) is 1.06. The summed E-state index contributed by atoms with van der Waals surface area (Å²) in [6, 6.07) is 15.0. The zero-order valence-corrected chi connectivity index (χ0v) is 15.3. The van der Waals surface area contributed by atoms with E-state index in [0.717, 1.165) is 10.6 Å². The summed E-state index contributed by atoms with van der Waals surface area (Å²) in [6.45, 7) is -0.00722. The third-order valence-electron chi connectivity index (χ3n) is 3.60. The maximum Gasteiger partial charge on any atom is 0.232 e. The van der Waals surface area contributed by atoms with E-state index in [2.05, 4.69) is 5.32 Å². The van der Waals surface area contributed by atoms with Crippen LogP contribution in [0.4, 0.5) is 11.4 Å². The number of ether oxygens (including phenoxy) is 1. The normalized spacial score (nSPS) is 10.7. The highest BCUT2D eigenvalue weighted by molar-refractivity contribution is 7.92. The number of nitriles is 1. The molecule has 0 aliphatic heterocycles. The van der Waals surface area contributed by atoms with Gasteiger partial charge >= 0.3 is 0 Å². The third-order valence-corrected chi connectivity index (χ3v) is 4.79. The topological polar surface area (TPSA) is 99.5 Å². The molecule has 2 rings (SSSR count). The molecule has 1 amide bonds. The molecule has 0 aliphatic carbocycles. The molecule has 0 radical (unpaired) electrons. The molecule has 0 fully saturated rings. The second-order valence-corrected chi connectivity index (χ2v) is 7.43. The zero-order valence-electron chi connectivity index (χ0n) is 14.5. The molecule has 0 spiro atoms. The summed E-state index contributed by atoms with van der Waals surface area (Å²) in [4.78, 5) is 12.1. The van der Waals surface area contributed by atoms with Gasteiger partial charge in [-0.2, -0.15) is 5.26 Å². The van der Waals surface area contributed by atoms with Crippen LogP contribution in [0.5, 0.6) is 5.75 Å². The lowest BCUT2D eigenvalue weighted by molar-refractivity contribution is -0.116. The molecule has 0 bridgehead atoms. The first-order valence-corrected chi connectivity index (χ1v) is 9.60. The van der Waals surface area contributed by atoms with Gasteiger partial charge in [0, 0.05) is 18.7 Å². The predicted molar refractivity (Wildman–Crippen MR) is 99.6 cm³/mol. The smallest absolute Gasteiger partial charge is 0.232 e. The minimum Gasteiger partial charge on any atom is -0.497 e. The van der Waals surface area contributed by atoms with Crippen LogP contribution in [0.1, 0.15) is 12.0 Å². The highest BCUT2D eigenvalue weighted by Gasteiger charge is 2.18. The van der Waals surface area contributed by atoms with Gasteiger partial charge in [-0.05, 0) is 48.5 Å². The van der Waals surface area contributed by atoms with Gasteiger partial charge in [0.25, 0.3) is 0 Å². The first-order valence-electron chi connectivity index (χ1n) is 7.75. The first kappa shape index (κ1) is 19.3. The van der Waals surface area contributed by atoms with Crippen LogP contribution in [0.25, 0.3) is 0 Å². The molecular formula is C18H19N3O4S. The Morgan fingerprint density at radius 2 is 1.77 bits per heavy atom. The molecule has 0 aliphatic rings. The van der Waals surface area contributed by atoms with Gasteiger partial charge in [-0.25, -0.2) is 8.42 Å². The molecule has 136 valence electrons. The van der Waals surface area contributed by atoms with Crippen molar-refractivity contribution in [2.24, 2.45) is 0 Å². The average molecular weight is 373 g/mol. The maximum absolute atomic E-state index is 12.1. The Morgan fingerprint density at radius 1 is 1.15 bits per heavy atom. The monoisotopic (exact) mass is 373 g/mol. The molecule has 26 heavy (non-hydrogen) atoms. The lowest BCUT2D eigenvalue weighted by atomic mass is 10.2. The Morgan fingerprint density at radius 3 is 2.27 bits per heavy atom. The van der Waals surface area contributed by atoms with E-state index < -0.39 is 10.0 Å². The van der Waals surface area contributed by atoms with Gasteiger partial charge in [0.2, 0.25) is 15.9 Å². The fourth-order valence-electron chi connectivity index (χ4n) is 2.29. The summed E-state index contributed by atoms with van der Waals surface area (Å²) < 4.78 is 30.3. The molecule has 0 atom stereocenters. The van der Waals surface area contributed by atoms with E-state index in [4.69, 9.17) is 10.00 Å². The number of methoxy groups -OCH3 is 1. The quantitative estimate of drug-likeness (QED) is 0.803. The van der Waals surface area contributed by atoms with E-state index in [1.165, 1.54) is 12.1 Å². The van der Waals surface area contributed by atoms with Crippen molar-refractivity contribution in [1.29, 1.82) is 5.26 Å². The third kappa shape index (κ3) is 5.22. The molecule has 2 aromatic rings. The summed E-state index contributed by atoms with van der Waals surface area (Å²) >= 11 is 0. The summed E-state index contributed by atoms with van der Waals surface area (Å²) in [5.74, 6) is 0.365. The highest BCUT2D eigenvalue weighted by atomic mass is 32.2. The van der Waals surface area contributed by atoms with Gasteiger partial charge in [0.1, 0.15) is 5.75 Å². The average Bonchev–Trinajstić information content (AvgIpc) is 2.62. The number of hydrogen-bond acceptors (Lipinski definition) is 5. The molecular weight excluding hydrogens is 354 g/mol. The number of carbonyl (C=O) groups excluding carboxylic acids is 1. The number of nitrogens with zero attached hydrogens (tertiary/aromatic N) is 2. The van der Waals surface area contributed by atoms with Gasteiger partial charge < -0.3 is 10.1 Å². The highest BCUT2D eigenvalue weighted by Crippen LogP contribution is 2.19. The fraction of sp³-hybridized carbons (Fsp3) is 0.222. The number of sulfonamides is 1. The second-order valence-electron chi connectivity index (χ2n) is 5.52. The lowest BCUT2D eigenvalue weighted by Crippen LogP contribution is -2.33. The largest absolute Gasteiger partial charge is 0.497 e. The molecule has 2 aromatic carbocycles. The van der Waals surface area contributed by atoms with Gasteiger partial charge in [0.15, 0.2) is 0 Å². The van der Waals surface area contributed by atoms with Crippen LogP contribution in [-0.4, -0.2) is 34.2 Å². The predicted octanol–water partition coefficient (Wildman–Crippen LogP) is 2.36. The minimum absolute atomic E-state index is 0.00722. The van der Waals surface area contributed by atoms with Crippen molar-refractivity contribution >= 4 is 27.3 Å². The molecule has 0 saturated carbocycles. The van der Waals surface area contributed by atoms with Crippen LogP contribution in [0, 0.1) is 11.3 Å². The molecule has 0 unspecified atom stereocenters. The molecule has 1 N–H and O–H groups in total. The van der Waals surface area contributed by atoms with Crippen molar-refractivity contribution < 1.29 is 17.9 Å². The summed E-state index contributed by atoms with van der Waals surface area (Å²) in [5, 5.41) is 11.5. The van der Waals surface area contributed by atoms with E-state index in [0.29, 0.717) is 22.7 Å². The van der Waals surface area contributed by atoms with E-state index in [1.54, 1.807) is 43.5 Å². The standard InChI is InChI=1S/C18H19N3O4S/c1-25-17-9-5-15(6-10-17)20-18(22)11-12-21(26(2,23)24)16-7-3-14(13-19)4-8-16/h3-10H,11-12H2,1-2H3,(H,20,22). The zero-order chi connectivity index (χ0) is 19.2. The van der Waals surface area contributed by atoms with Crippen LogP contribution in [0.15, 0.2) is 48.5 Å². The van der Waals surface area contributed by atoms with Crippen LogP contribution >= 0.6 is 0 Å². The number of rotatable bonds is 7. The molecule has 0 saturated heterocycles. The van der Waals surface area contributed by atoms with E-state index in [1.807, 2.05) is 6.07 Å². The summed E-state index contributed by atoms with van der Waals surface area (Å²) in [5.41, 5.74) is 1.43. The number of hydrogen-bond donors (Lipinski definition) is 1. The van der Waals surface area contributed by atoms with Gasteiger partial charge in [-0.3, -0.25) is 9.10 Å². The Labute approximate surface area is 152 Å². The molecule has 0 heterocycles. The van der Waals surface area contributed by atoms with E-state index >= 15 is 0 Å². The number of benzene rings is 2. The summed E-state index contributed by atoms with van der Waals surface area (Å²) in [7, 11) is -2.01. The van der Waals surface area contributed by atoms with Crippen LogP contribution in [0.3, 0.4) is 0 Å². The minimum atomic E-state index is -3.56. The van der Waals surface area contributed by atoms with Crippen molar-refractivity contribution in [3.8, 4) is 11.8 Å². The number of amides is 1. The van der Waals surface area contributed by atoms with Crippen molar-refractivity contribution in [3.63, 3.8) is 0 Å². The van der Waals surface area contributed by atoms with Crippen molar-refractivity contribution in [2.45, 2.75) is 6.42 Å². The van der Waals surface area contributed by atoms with Crippen molar-refractivity contribution in [2.75, 3.05) is 29.5 Å². The Balaban J connectivity index is 2.04. The van der Waals surface area contributed by atoms with E-state index in [9.17, 15) is 13.2 Å². The van der Waals surface area contributed by atoms with Crippen molar-refractivity contribution in [3.05, 3.63) is 54.1 Å². The molecule has 7 nitrogen and oxygen atoms in total. The number of carbonyl (C=O) groups is 1. The van der Waals surface area contributed by atoms with Gasteiger partial charge in [-0.1, -0.05) is 0 Å². The van der Waals surface area contributed by atoms with Crippen LogP contribution < -0.4 is 14.4 Å². The molecule has 0 aromatic heterocycles. The Hall–Kier alpha value is -3.05. The van der Waals surface area contributed by atoms with E-state index in [-0.39, 0.29) is 18.9 Å². The fourth-order valence-corrected chi connectivity index (χ4v) is 3.22. The Bertz CT molecular complexity index is 901. The maximum atomic E-state index is 12.1. The van der Waals surface area contributed by atoms with Gasteiger partial charge in [0.05, 0.1) is 30.7 Å². The number of anilines is 2. The van der Waals surface area contributed by atoms with Crippen molar-refractivity contribution in [1.82, 2.24) is 0 Å². The SMILES string of the molecule is COc1ccc(NC(=O)CCN(c2ccc(C#N)cc2)S(C)(=O)=O)cc1. The first-order chi connectivity index (χ1) is 12.3. The molecule has 8 heteroatoms. The second kappa shape index (κ2) is 8.36. The van der Waals surface area contributed by atoms with Gasteiger partial charge in [-0.15, -0.1) is 0 Å². The Kier molecular flexibility index (Phi) is 6.20. The lowest BCUT2D eigenvalue weighted by Gasteiger charge is -2.22. The number of nitrogens with one attached hydrogen (secondary N) is 1. The van der Waals surface area contributed by atoms with Crippen LogP contribution in [0.2, 0.25) is 0 Å².